The Bertz CT molecular complexity index is 766. The van der Waals surface area contributed by atoms with E-state index >= 15 is 0 Å². The lowest BCUT2D eigenvalue weighted by molar-refractivity contribution is -0.141. The normalized spacial score (nSPS) is 27.1. The van der Waals surface area contributed by atoms with Crippen molar-refractivity contribution in [1.82, 2.24) is 9.88 Å². The van der Waals surface area contributed by atoms with Gasteiger partial charge in [0.05, 0.1) is 0 Å². The van der Waals surface area contributed by atoms with E-state index < -0.39 is 12.0 Å². The molecule has 0 radical (unpaired) electrons. The molecule has 1 saturated carbocycles. The summed E-state index contributed by atoms with van der Waals surface area (Å²) in [6, 6.07) is 6.83. The van der Waals surface area contributed by atoms with Gasteiger partial charge in [-0.1, -0.05) is 18.9 Å². The molecule has 2 N–H and O–H groups in total. The van der Waals surface area contributed by atoms with Crippen LogP contribution >= 0.6 is 0 Å². The molecule has 2 fully saturated rings. The Labute approximate surface area is 134 Å². The number of carboxylic acid groups (broad SMARTS) is 1. The van der Waals surface area contributed by atoms with Crippen LogP contribution in [0.4, 0.5) is 0 Å². The Kier molecular flexibility index (Phi) is 3.36. The van der Waals surface area contributed by atoms with Gasteiger partial charge in [0.2, 0.25) is 0 Å². The lowest BCUT2D eigenvalue weighted by Crippen LogP contribution is -2.46. The fourth-order valence-electron chi connectivity index (χ4n) is 4.38. The third-order valence-electron chi connectivity index (χ3n) is 5.43. The first-order valence-electron chi connectivity index (χ1n) is 8.28. The lowest BCUT2D eigenvalue weighted by Gasteiger charge is -2.33. The minimum Gasteiger partial charge on any atom is -0.480 e. The van der Waals surface area contributed by atoms with Crippen molar-refractivity contribution in [1.29, 1.82) is 0 Å². The average molecular weight is 312 g/mol. The summed E-state index contributed by atoms with van der Waals surface area (Å²) in [7, 11) is 0. The van der Waals surface area contributed by atoms with Crippen LogP contribution in [0.5, 0.6) is 0 Å². The number of aromatic nitrogens is 1. The van der Waals surface area contributed by atoms with Crippen molar-refractivity contribution in [2.24, 2.45) is 5.92 Å². The van der Waals surface area contributed by atoms with Crippen LogP contribution < -0.4 is 0 Å². The summed E-state index contributed by atoms with van der Waals surface area (Å²) >= 11 is 0. The van der Waals surface area contributed by atoms with Gasteiger partial charge in [-0.25, -0.2) is 4.79 Å². The number of carbonyl (C=O) groups excluding carboxylic acids is 1. The fourth-order valence-corrected chi connectivity index (χ4v) is 4.38. The van der Waals surface area contributed by atoms with E-state index in [9.17, 15) is 14.7 Å². The molecule has 1 aliphatic carbocycles. The maximum absolute atomic E-state index is 13.2. The summed E-state index contributed by atoms with van der Waals surface area (Å²) in [6.45, 7) is 0. The van der Waals surface area contributed by atoms with Gasteiger partial charge < -0.3 is 15.0 Å². The second kappa shape index (κ2) is 5.41. The van der Waals surface area contributed by atoms with Crippen LogP contribution in [0, 0.1) is 5.92 Å². The minimum atomic E-state index is -0.881. The SMILES string of the molecule is O=C(O)[C@@H]1C[C@H]2CCCC[C@H]2N1C(=O)c1cccc2[nH]ccc12. The predicted octanol–water partition coefficient (Wildman–Crippen LogP) is 3.03. The van der Waals surface area contributed by atoms with Gasteiger partial charge in [-0.2, -0.15) is 0 Å². The van der Waals surface area contributed by atoms with Gasteiger partial charge in [0.1, 0.15) is 6.04 Å². The lowest BCUT2D eigenvalue weighted by atomic mass is 9.84. The molecule has 0 spiro atoms. The van der Waals surface area contributed by atoms with Crippen molar-refractivity contribution in [2.45, 2.75) is 44.2 Å². The van der Waals surface area contributed by atoms with E-state index in [-0.39, 0.29) is 11.9 Å². The number of hydrogen-bond donors (Lipinski definition) is 2. The highest BCUT2D eigenvalue weighted by atomic mass is 16.4. The molecular formula is C18H20N2O3. The van der Waals surface area contributed by atoms with E-state index in [2.05, 4.69) is 4.98 Å². The predicted molar refractivity (Wildman–Crippen MR) is 86.3 cm³/mol. The molecule has 5 heteroatoms. The Hall–Kier alpha value is -2.30. The number of likely N-dealkylation sites (tertiary alicyclic amines) is 1. The number of aromatic amines is 1. The molecule has 2 aromatic rings. The summed E-state index contributed by atoms with van der Waals surface area (Å²) in [5.41, 5.74) is 1.50. The number of aliphatic carboxylic acids is 1. The molecule has 0 bridgehead atoms. The molecule has 5 nitrogen and oxygen atoms in total. The first-order valence-corrected chi connectivity index (χ1v) is 8.28. The molecule has 3 atom stereocenters. The number of hydrogen-bond acceptors (Lipinski definition) is 2. The number of nitrogens with one attached hydrogen (secondary N) is 1. The number of rotatable bonds is 2. The van der Waals surface area contributed by atoms with E-state index in [0.29, 0.717) is 17.9 Å². The quantitative estimate of drug-likeness (QED) is 0.895. The molecule has 23 heavy (non-hydrogen) atoms. The molecule has 0 unspecified atom stereocenters. The summed E-state index contributed by atoms with van der Waals surface area (Å²) < 4.78 is 0. The zero-order valence-corrected chi connectivity index (χ0v) is 12.9. The Morgan fingerprint density at radius 1 is 1.17 bits per heavy atom. The van der Waals surface area contributed by atoms with Gasteiger partial charge in [0, 0.05) is 28.7 Å². The van der Waals surface area contributed by atoms with Gasteiger partial charge in [-0.15, -0.1) is 0 Å². The summed E-state index contributed by atoms with van der Waals surface area (Å²) in [5.74, 6) is -0.690. The second-order valence-corrected chi connectivity index (χ2v) is 6.66. The van der Waals surface area contributed by atoms with Crippen molar-refractivity contribution >= 4 is 22.8 Å². The molecule has 1 amide bonds. The Balaban J connectivity index is 1.75. The zero-order valence-electron chi connectivity index (χ0n) is 12.9. The van der Waals surface area contributed by atoms with Crippen molar-refractivity contribution in [3.63, 3.8) is 0 Å². The number of nitrogens with zero attached hydrogens (tertiary/aromatic N) is 1. The van der Waals surface area contributed by atoms with E-state index in [4.69, 9.17) is 0 Å². The van der Waals surface area contributed by atoms with E-state index in [1.54, 1.807) is 11.0 Å². The Morgan fingerprint density at radius 3 is 2.83 bits per heavy atom. The van der Waals surface area contributed by atoms with Crippen LogP contribution in [0.15, 0.2) is 30.5 Å². The average Bonchev–Trinajstić information content (AvgIpc) is 3.18. The van der Waals surface area contributed by atoms with Crippen LogP contribution in [0.1, 0.15) is 42.5 Å². The molecular weight excluding hydrogens is 292 g/mol. The van der Waals surface area contributed by atoms with Crippen molar-refractivity contribution in [2.75, 3.05) is 0 Å². The number of carbonyl (C=O) groups is 2. The molecule has 1 aromatic heterocycles. The van der Waals surface area contributed by atoms with Crippen molar-refractivity contribution in [3.05, 3.63) is 36.0 Å². The largest absolute Gasteiger partial charge is 0.480 e. The van der Waals surface area contributed by atoms with Crippen molar-refractivity contribution in [3.8, 4) is 0 Å². The molecule has 1 aromatic carbocycles. The Morgan fingerprint density at radius 2 is 2.00 bits per heavy atom. The number of benzene rings is 1. The van der Waals surface area contributed by atoms with E-state index in [0.717, 1.165) is 36.6 Å². The highest BCUT2D eigenvalue weighted by molar-refractivity contribution is 6.07. The molecule has 4 rings (SSSR count). The highest BCUT2D eigenvalue weighted by Gasteiger charge is 2.47. The maximum Gasteiger partial charge on any atom is 0.326 e. The van der Waals surface area contributed by atoms with Crippen LogP contribution in [-0.4, -0.2) is 39.0 Å². The van der Waals surface area contributed by atoms with Gasteiger partial charge in [0.25, 0.3) is 5.91 Å². The molecule has 2 aliphatic rings. The number of amides is 1. The van der Waals surface area contributed by atoms with Crippen LogP contribution in [0.2, 0.25) is 0 Å². The third kappa shape index (κ3) is 2.22. The standard InChI is InChI=1S/C18H20N2O3/c21-17(13-5-3-6-14-12(13)8-9-19-14)20-15-7-2-1-4-11(15)10-16(20)18(22)23/h3,5-6,8-9,11,15-16,19H,1-2,4,7,10H2,(H,22,23)/t11-,15-,16+/m1/s1. The first kappa shape index (κ1) is 14.3. The molecule has 2 heterocycles. The number of carboxylic acids is 1. The van der Waals surface area contributed by atoms with Crippen LogP contribution in [-0.2, 0) is 4.79 Å². The molecule has 1 aliphatic heterocycles. The first-order chi connectivity index (χ1) is 11.2. The number of H-pyrrole nitrogens is 1. The molecule has 120 valence electrons. The molecule has 1 saturated heterocycles. The topological polar surface area (TPSA) is 73.4 Å². The third-order valence-corrected chi connectivity index (χ3v) is 5.43. The van der Waals surface area contributed by atoms with Gasteiger partial charge in [-0.3, -0.25) is 4.79 Å². The van der Waals surface area contributed by atoms with Crippen LogP contribution in [0.3, 0.4) is 0 Å². The summed E-state index contributed by atoms with van der Waals surface area (Å²) in [4.78, 5) is 29.7. The van der Waals surface area contributed by atoms with Gasteiger partial charge in [-0.05, 0) is 43.4 Å². The van der Waals surface area contributed by atoms with Gasteiger partial charge >= 0.3 is 5.97 Å². The monoisotopic (exact) mass is 312 g/mol. The maximum atomic E-state index is 13.2. The minimum absolute atomic E-state index is 0.0755. The van der Waals surface area contributed by atoms with Gasteiger partial charge in [0.15, 0.2) is 0 Å². The highest BCUT2D eigenvalue weighted by Crippen LogP contribution is 2.41. The zero-order chi connectivity index (χ0) is 16.0. The van der Waals surface area contributed by atoms with Crippen LogP contribution in [0.25, 0.3) is 10.9 Å². The van der Waals surface area contributed by atoms with E-state index in [1.165, 1.54) is 0 Å². The number of fused-ring (bicyclic) bond motifs is 2. The second-order valence-electron chi connectivity index (χ2n) is 6.66. The smallest absolute Gasteiger partial charge is 0.326 e. The van der Waals surface area contributed by atoms with Crippen molar-refractivity contribution < 1.29 is 14.7 Å². The fraction of sp³-hybridized carbons (Fsp3) is 0.444. The summed E-state index contributed by atoms with van der Waals surface area (Å²) in [5, 5.41) is 10.5. The van der Waals surface area contributed by atoms with E-state index in [1.807, 2.05) is 24.4 Å². The summed E-state index contributed by atoms with van der Waals surface area (Å²) in [6.07, 6.45) is 6.57.